The van der Waals surface area contributed by atoms with E-state index < -0.39 is 0 Å². The van der Waals surface area contributed by atoms with Gasteiger partial charge in [0, 0.05) is 18.6 Å². The minimum atomic E-state index is 0.674. The number of rotatable bonds is 10. The van der Waals surface area contributed by atoms with Crippen molar-refractivity contribution in [1.29, 1.82) is 0 Å². The van der Waals surface area contributed by atoms with Gasteiger partial charge in [-0.05, 0) is 63.4 Å². The van der Waals surface area contributed by atoms with Crippen molar-refractivity contribution in [3.05, 3.63) is 29.8 Å². The fourth-order valence-corrected chi connectivity index (χ4v) is 3.59. The van der Waals surface area contributed by atoms with Crippen LogP contribution < -0.4 is 10.1 Å². The topological polar surface area (TPSA) is 24.5 Å². The Balaban J connectivity index is 1.61. The predicted molar refractivity (Wildman–Crippen MR) is 103 cm³/mol. The third-order valence-electron chi connectivity index (χ3n) is 5.22. The van der Waals surface area contributed by atoms with Gasteiger partial charge >= 0.3 is 0 Å². The summed E-state index contributed by atoms with van der Waals surface area (Å²) in [6.45, 7) is 8.27. The summed E-state index contributed by atoms with van der Waals surface area (Å²) in [4.78, 5) is 2.62. The standard InChI is InChI=1S/C21H36N2O/c1-4-5-6-7-18(2)22-20-13-16-23(17-14-20)15-12-19-8-10-21(24-3)11-9-19/h8-11,18,20,22H,4-7,12-17H2,1-3H3. The Bertz CT molecular complexity index is 438. The summed E-state index contributed by atoms with van der Waals surface area (Å²) in [5.41, 5.74) is 1.40. The Hall–Kier alpha value is -1.06. The van der Waals surface area contributed by atoms with Crippen LogP contribution in [0.4, 0.5) is 0 Å². The van der Waals surface area contributed by atoms with Crippen LogP contribution in [0.5, 0.6) is 5.75 Å². The van der Waals surface area contributed by atoms with Crippen LogP contribution in [0.1, 0.15) is 57.9 Å². The van der Waals surface area contributed by atoms with Crippen LogP contribution >= 0.6 is 0 Å². The second kappa shape index (κ2) is 10.7. The Morgan fingerprint density at radius 1 is 1.17 bits per heavy atom. The number of nitrogens with zero attached hydrogens (tertiary/aromatic N) is 1. The van der Waals surface area contributed by atoms with Gasteiger partial charge in [0.15, 0.2) is 0 Å². The number of piperidine rings is 1. The second-order valence-electron chi connectivity index (χ2n) is 7.28. The number of unbranched alkanes of at least 4 members (excludes halogenated alkanes) is 2. The van der Waals surface area contributed by atoms with Crippen LogP contribution in [-0.2, 0) is 6.42 Å². The first-order valence-corrected chi connectivity index (χ1v) is 9.82. The Morgan fingerprint density at radius 3 is 2.50 bits per heavy atom. The van der Waals surface area contributed by atoms with Crippen LogP contribution in [0.3, 0.4) is 0 Å². The van der Waals surface area contributed by atoms with Crippen molar-refractivity contribution in [3.63, 3.8) is 0 Å². The molecule has 1 unspecified atom stereocenters. The van der Waals surface area contributed by atoms with Crippen molar-refractivity contribution in [1.82, 2.24) is 10.2 Å². The van der Waals surface area contributed by atoms with E-state index in [0.717, 1.165) is 18.2 Å². The van der Waals surface area contributed by atoms with Crippen LogP contribution in [0.2, 0.25) is 0 Å². The highest BCUT2D eigenvalue weighted by Gasteiger charge is 2.19. The zero-order valence-electron chi connectivity index (χ0n) is 15.9. The largest absolute Gasteiger partial charge is 0.497 e. The molecule has 2 rings (SSSR count). The maximum Gasteiger partial charge on any atom is 0.118 e. The van der Waals surface area contributed by atoms with Crippen LogP contribution in [0.25, 0.3) is 0 Å². The molecule has 0 amide bonds. The SMILES string of the molecule is CCCCCC(C)NC1CCN(CCc2ccc(OC)cc2)CC1. The zero-order chi connectivity index (χ0) is 17.2. The molecule has 1 atom stereocenters. The predicted octanol–water partition coefficient (Wildman–Crippen LogP) is 4.26. The average molecular weight is 333 g/mol. The number of hydrogen-bond acceptors (Lipinski definition) is 3. The van der Waals surface area contributed by atoms with E-state index in [-0.39, 0.29) is 0 Å². The molecule has 1 aliphatic rings. The minimum Gasteiger partial charge on any atom is -0.497 e. The number of hydrogen-bond donors (Lipinski definition) is 1. The van der Waals surface area contributed by atoms with Gasteiger partial charge in [-0.25, -0.2) is 0 Å². The molecule has 0 aromatic heterocycles. The van der Waals surface area contributed by atoms with Crippen molar-refractivity contribution < 1.29 is 4.74 Å². The van der Waals surface area contributed by atoms with Crippen LogP contribution in [0.15, 0.2) is 24.3 Å². The Morgan fingerprint density at radius 2 is 1.88 bits per heavy atom. The molecule has 1 fully saturated rings. The van der Waals surface area contributed by atoms with Gasteiger partial charge in [0.2, 0.25) is 0 Å². The van der Waals surface area contributed by atoms with Gasteiger partial charge in [-0.15, -0.1) is 0 Å². The van der Waals surface area contributed by atoms with E-state index in [1.54, 1.807) is 7.11 Å². The molecule has 0 bridgehead atoms. The molecule has 0 spiro atoms. The summed E-state index contributed by atoms with van der Waals surface area (Å²) < 4.78 is 5.22. The summed E-state index contributed by atoms with van der Waals surface area (Å²) in [5, 5.41) is 3.84. The van der Waals surface area contributed by atoms with E-state index in [2.05, 4.69) is 48.3 Å². The molecule has 1 saturated heterocycles. The first-order chi connectivity index (χ1) is 11.7. The molecule has 0 saturated carbocycles. The van der Waals surface area contributed by atoms with Gasteiger partial charge in [-0.1, -0.05) is 38.3 Å². The molecule has 1 heterocycles. The number of likely N-dealkylation sites (tertiary alicyclic amines) is 1. The normalized spacial score (nSPS) is 17.8. The van der Waals surface area contributed by atoms with Crippen molar-refractivity contribution in [3.8, 4) is 5.75 Å². The lowest BCUT2D eigenvalue weighted by Gasteiger charge is -2.34. The van der Waals surface area contributed by atoms with E-state index in [1.165, 1.54) is 63.7 Å². The minimum absolute atomic E-state index is 0.674. The molecular weight excluding hydrogens is 296 g/mol. The van der Waals surface area contributed by atoms with E-state index in [4.69, 9.17) is 4.74 Å². The molecule has 1 aliphatic heterocycles. The van der Waals surface area contributed by atoms with Crippen molar-refractivity contribution in [2.24, 2.45) is 0 Å². The Kier molecular flexibility index (Phi) is 8.62. The summed E-state index contributed by atoms with van der Waals surface area (Å²) in [5.74, 6) is 0.943. The van der Waals surface area contributed by atoms with Crippen LogP contribution in [0, 0.1) is 0 Å². The van der Waals surface area contributed by atoms with Gasteiger partial charge < -0.3 is 15.0 Å². The highest BCUT2D eigenvalue weighted by Crippen LogP contribution is 2.15. The van der Waals surface area contributed by atoms with Gasteiger partial charge in [-0.2, -0.15) is 0 Å². The van der Waals surface area contributed by atoms with E-state index in [9.17, 15) is 0 Å². The number of methoxy groups -OCH3 is 1. The zero-order valence-corrected chi connectivity index (χ0v) is 15.9. The lowest BCUT2D eigenvalue weighted by Crippen LogP contribution is -2.45. The van der Waals surface area contributed by atoms with Gasteiger partial charge in [0.05, 0.1) is 7.11 Å². The third-order valence-corrected chi connectivity index (χ3v) is 5.22. The fraction of sp³-hybridized carbons (Fsp3) is 0.714. The number of ether oxygens (including phenoxy) is 1. The fourth-order valence-electron chi connectivity index (χ4n) is 3.59. The molecule has 0 aliphatic carbocycles. The number of benzene rings is 1. The van der Waals surface area contributed by atoms with E-state index >= 15 is 0 Å². The van der Waals surface area contributed by atoms with E-state index in [1.807, 2.05) is 0 Å². The molecule has 1 aromatic rings. The van der Waals surface area contributed by atoms with Crippen molar-refractivity contribution in [2.75, 3.05) is 26.7 Å². The van der Waals surface area contributed by atoms with Gasteiger partial charge in [0.25, 0.3) is 0 Å². The molecule has 1 N–H and O–H groups in total. The highest BCUT2D eigenvalue weighted by molar-refractivity contribution is 5.27. The highest BCUT2D eigenvalue weighted by atomic mass is 16.5. The van der Waals surface area contributed by atoms with Gasteiger partial charge in [-0.3, -0.25) is 0 Å². The third kappa shape index (κ3) is 6.82. The lowest BCUT2D eigenvalue weighted by atomic mass is 10.0. The molecular formula is C21H36N2O. The molecule has 3 nitrogen and oxygen atoms in total. The van der Waals surface area contributed by atoms with Crippen LogP contribution in [-0.4, -0.2) is 43.7 Å². The number of nitrogens with one attached hydrogen (secondary N) is 1. The maximum absolute atomic E-state index is 5.22. The van der Waals surface area contributed by atoms with Crippen molar-refractivity contribution in [2.45, 2.75) is 70.9 Å². The molecule has 1 aromatic carbocycles. The molecule has 3 heteroatoms. The monoisotopic (exact) mass is 332 g/mol. The average Bonchev–Trinajstić information content (AvgIpc) is 2.62. The molecule has 24 heavy (non-hydrogen) atoms. The van der Waals surface area contributed by atoms with Crippen molar-refractivity contribution >= 4 is 0 Å². The summed E-state index contributed by atoms with van der Waals surface area (Å²) in [6, 6.07) is 9.89. The first kappa shape index (κ1) is 19.3. The maximum atomic E-state index is 5.22. The summed E-state index contributed by atoms with van der Waals surface area (Å²) >= 11 is 0. The Labute approximate surface area is 148 Å². The molecule has 0 radical (unpaired) electrons. The smallest absolute Gasteiger partial charge is 0.118 e. The quantitative estimate of drug-likeness (QED) is 0.648. The summed E-state index contributed by atoms with van der Waals surface area (Å²) in [7, 11) is 1.72. The van der Waals surface area contributed by atoms with E-state index in [0.29, 0.717) is 6.04 Å². The first-order valence-electron chi connectivity index (χ1n) is 9.82. The lowest BCUT2D eigenvalue weighted by molar-refractivity contribution is 0.192. The molecule has 136 valence electrons. The van der Waals surface area contributed by atoms with Gasteiger partial charge in [0.1, 0.15) is 5.75 Å². The summed E-state index contributed by atoms with van der Waals surface area (Å²) in [6.07, 6.45) is 9.10. The second-order valence-corrected chi connectivity index (χ2v) is 7.28.